The van der Waals surface area contributed by atoms with Crippen LogP contribution in [-0.4, -0.2) is 46.6 Å². The summed E-state index contributed by atoms with van der Waals surface area (Å²) in [4.78, 5) is 44.9. The third kappa shape index (κ3) is 7.87. The van der Waals surface area contributed by atoms with Crippen LogP contribution in [0.5, 0.6) is 17.2 Å². The summed E-state index contributed by atoms with van der Waals surface area (Å²) in [5.41, 5.74) is 4.95. The molecule has 0 aliphatic carbocycles. The lowest BCUT2D eigenvalue weighted by molar-refractivity contribution is -0.139. The molecule has 3 aromatic carbocycles. The number of ether oxygens (including phenoxy) is 4. The van der Waals surface area contributed by atoms with Crippen molar-refractivity contribution < 1.29 is 28.5 Å². The van der Waals surface area contributed by atoms with Gasteiger partial charge in [-0.3, -0.25) is 14.2 Å². The molecule has 0 N–H and O–H groups in total. The van der Waals surface area contributed by atoms with Gasteiger partial charge in [-0.1, -0.05) is 49.4 Å². The average molecular weight is 735 g/mol. The molecule has 0 bridgehead atoms. The zero-order valence-electron chi connectivity index (χ0n) is 30.8. The van der Waals surface area contributed by atoms with Crippen LogP contribution in [0.4, 0.5) is 0 Å². The van der Waals surface area contributed by atoms with Crippen molar-refractivity contribution in [2.24, 2.45) is 10.9 Å². The van der Waals surface area contributed by atoms with Crippen molar-refractivity contribution in [1.29, 1.82) is 0 Å². The number of fused-ring (bicyclic) bond motifs is 1. The molecule has 5 aromatic rings. The van der Waals surface area contributed by atoms with Crippen molar-refractivity contribution in [2.45, 2.75) is 54.0 Å². The summed E-state index contributed by atoms with van der Waals surface area (Å²) < 4.78 is 26.1. The van der Waals surface area contributed by atoms with Crippen LogP contribution < -0.4 is 29.1 Å². The van der Waals surface area contributed by atoms with Crippen molar-refractivity contribution in [3.63, 3.8) is 0 Å². The molecule has 12 heteroatoms. The number of nitrogens with zero attached hydrogens (tertiary/aromatic N) is 4. The Kier molecular flexibility index (Phi) is 11.1. The van der Waals surface area contributed by atoms with E-state index < -0.39 is 18.0 Å². The van der Waals surface area contributed by atoms with Gasteiger partial charge in [0.25, 0.3) is 5.56 Å². The highest BCUT2D eigenvalue weighted by molar-refractivity contribution is 7.07. The second kappa shape index (κ2) is 15.9. The number of aromatic nitrogens is 3. The molecule has 0 spiro atoms. The number of thiazole rings is 1. The van der Waals surface area contributed by atoms with Crippen molar-refractivity contribution in [1.82, 2.24) is 14.3 Å². The van der Waals surface area contributed by atoms with Crippen molar-refractivity contribution >= 4 is 29.4 Å². The molecule has 1 unspecified atom stereocenters. The summed E-state index contributed by atoms with van der Waals surface area (Å²) >= 11 is 1.22. The van der Waals surface area contributed by atoms with Crippen LogP contribution >= 0.6 is 11.3 Å². The number of allylic oxidation sites excluding steroid dienone is 1. The van der Waals surface area contributed by atoms with Gasteiger partial charge in [-0.2, -0.15) is 5.10 Å². The number of benzene rings is 3. The molecule has 1 atom stereocenters. The van der Waals surface area contributed by atoms with E-state index >= 15 is 0 Å². The highest BCUT2D eigenvalue weighted by Gasteiger charge is 2.34. The number of hydrogen-bond acceptors (Lipinski definition) is 10. The van der Waals surface area contributed by atoms with E-state index in [9.17, 15) is 14.4 Å². The quantitative estimate of drug-likeness (QED) is 0.108. The minimum Gasteiger partial charge on any atom is -0.493 e. The summed E-state index contributed by atoms with van der Waals surface area (Å²) in [6.45, 7) is 11.9. The van der Waals surface area contributed by atoms with Crippen LogP contribution in [0.1, 0.15) is 63.8 Å². The Balaban J connectivity index is 1.51. The Morgan fingerprint density at radius 2 is 1.75 bits per heavy atom. The predicted molar refractivity (Wildman–Crippen MR) is 203 cm³/mol. The first-order valence-corrected chi connectivity index (χ1v) is 18.3. The molecular weight excluding hydrogens is 693 g/mol. The first kappa shape index (κ1) is 37.0. The summed E-state index contributed by atoms with van der Waals surface area (Å²) in [7, 11) is 1.45. The summed E-state index contributed by atoms with van der Waals surface area (Å²) in [5.74, 6) is 0.733. The normalized spacial score (nSPS) is 14.2. The van der Waals surface area contributed by atoms with Gasteiger partial charge in [-0.05, 0) is 92.8 Å². The van der Waals surface area contributed by atoms with Gasteiger partial charge in [0.1, 0.15) is 11.4 Å². The van der Waals surface area contributed by atoms with E-state index in [2.05, 4.69) is 13.8 Å². The van der Waals surface area contributed by atoms with E-state index in [0.29, 0.717) is 38.8 Å². The van der Waals surface area contributed by atoms with E-state index in [-0.39, 0.29) is 29.2 Å². The van der Waals surface area contributed by atoms with Crippen LogP contribution in [-0.2, 0) is 14.3 Å². The van der Waals surface area contributed by atoms with Gasteiger partial charge in [0.2, 0.25) is 0 Å². The predicted octanol–water partition coefficient (Wildman–Crippen LogP) is 6.32. The van der Waals surface area contributed by atoms with Gasteiger partial charge >= 0.3 is 11.9 Å². The number of carbonyl (C=O) groups is 2. The SMILES string of the molecule is CCOC(=O)C1=C(C)N=c2s/c(=C\c3cn(-c4ccccc4)nc3-c3ccc(OCCC(C)C)c(C)c3)c(=O)n2C1c1ccc(OC(C)=O)c(OC)c1. The topological polar surface area (TPSA) is 123 Å². The number of rotatable bonds is 12. The first-order valence-electron chi connectivity index (χ1n) is 17.4. The molecule has 0 fully saturated rings. The lowest BCUT2D eigenvalue weighted by Crippen LogP contribution is -2.40. The fourth-order valence-corrected chi connectivity index (χ4v) is 7.17. The zero-order valence-corrected chi connectivity index (χ0v) is 31.7. The number of esters is 2. The van der Waals surface area contributed by atoms with Gasteiger partial charge < -0.3 is 18.9 Å². The molecule has 0 saturated carbocycles. The third-order valence-corrected chi connectivity index (χ3v) is 9.71. The van der Waals surface area contributed by atoms with E-state index in [1.807, 2.05) is 67.7 Å². The molecule has 53 heavy (non-hydrogen) atoms. The molecule has 6 rings (SSSR count). The lowest BCUT2D eigenvalue weighted by Gasteiger charge is -2.25. The van der Waals surface area contributed by atoms with E-state index in [4.69, 9.17) is 29.0 Å². The van der Waals surface area contributed by atoms with Crippen LogP contribution in [0, 0.1) is 12.8 Å². The fourth-order valence-electron chi connectivity index (χ4n) is 6.14. The molecule has 1 aliphatic heterocycles. The van der Waals surface area contributed by atoms with Crippen LogP contribution in [0.3, 0.4) is 0 Å². The smallest absolute Gasteiger partial charge is 0.338 e. The van der Waals surface area contributed by atoms with Gasteiger partial charge in [0.15, 0.2) is 16.3 Å². The maximum absolute atomic E-state index is 14.5. The van der Waals surface area contributed by atoms with Crippen LogP contribution in [0.2, 0.25) is 0 Å². The number of carbonyl (C=O) groups excluding carboxylic acids is 2. The Morgan fingerprint density at radius 1 is 1.00 bits per heavy atom. The van der Waals surface area contributed by atoms with Crippen molar-refractivity contribution in [3.05, 3.63) is 121 Å². The molecule has 3 heterocycles. The maximum atomic E-state index is 14.5. The molecule has 0 saturated heterocycles. The van der Waals surface area contributed by atoms with Gasteiger partial charge in [0.05, 0.1) is 47.9 Å². The molecule has 0 radical (unpaired) electrons. The number of aryl methyl sites for hydroxylation is 1. The monoisotopic (exact) mass is 734 g/mol. The number of para-hydroxylation sites is 1. The summed E-state index contributed by atoms with van der Waals surface area (Å²) in [6, 6.07) is 19.8. The van der Waals surface area contributed by atoms with Crippen molar-refractivity contribution in [3.8, 4) is 34.2 Å². The minimum absolute atomic E-state index is 0.139. The fraction of sp³-hybridized carbons (Fsp3) is 0.293. The summed E-state index contributed by atoms with van der Waals surface area (Å²) in [6.07, 6.45) is 4.67. The van der Waals surface area contributed by atoms with E-state index in [1.54, 1.807) is 36.7 Å². The first-order chi connectivity index (χ1) is 25.5. The highest BCUT2D eigenvalue weighted by atomic mass is 32.1. The molecule has 11 nitrogen and oxygen atoms in total. The minimum atomic E-state index is -0.898. The van der Waals surface area contributed by atoms with Gasteiger partial charge in [-0.25, -0.2) is 14.5 Å². The average Bonchev–Trinajstić information content (AvgIpc) is 3.68. The lowest BCUT2D eigenvalue weighted by atomic mass is 9.95. The highest BCUT2D eigenvalue weighted by Crippen LogP contribution is 2.36. The maximum Gasteiger partial charge on any atom is 0.338 e. The Hall–Kier alpha value is -5.75. The number of hydrogen-bond donors (Lipinski definition) is 0. The molecule has 274 valence electrons. The molecule has 2 aromatic heterocycles. The second-order valence-electron chi connectivity index (χ2n) is 13.0. The van der Waals surface area contributed by atoms with Gasteiger partial charge in [0, 0.05) is 24.2 Å². The van der Waals surface area contributed by atoms with Crippen LogP contribution in [0.25, 0.3) is 23.0 Å². The van der Waals surface area contributed by atoms with Crippen molar-refractivity contribution in [2.75, 3.05) is 20.3 Å². The molecule has 0 amide bonds. The molecule has 1 aliphatic rings. The molecular formula is C41H42N4O7S. The Morgan fingerprint density at radius 3 is 2.43 bits per heavy atom. The van der Waals surface area contributed by atoms with Gasteiger partial charge in [-0.15, -0.1) is 0 Å². The van der Waals surface area contributed by atoms with E-state index in [0.717, 1.165) is 34.5 Å². The number of methoxy groups -OCH3 is 1. The third-order valence-electron chi connectivity index (χ3n) is 8.73. The van der Waals surface area contributed by atoms with Crippen LogP contribution in [0.15, 0.2) is 94.0 Å². The Bertz CT molecular complexity index is 2390. The van der Waals surface area contributed by atoms with E-state index in [1.165, 1.54) is 29.9 Å². The second-order valence-corrected chi connectivity index (χ2v) is 14.0. The Labute approximate surface area is 311 Å². The standard InChI is InChI=1S/C41H42N4O7S/c1-8-50-40(48)36-26(5)42-41-45(38(36)29-15-17-33(52-27(6)46)34(21-29)49-7)39(47)35(53-41)22-30-23-44(31-12-10-9-11-13-31)43-37(30)28-14-16-32(25(4)20-28)51-19-18-24(2)3/h9-17,20-24,38H,8,18-19H2,1-7H3/b35-22-. The zero-order chi connectivity index (χ0) is 37.8. The largest absolute Gasteiger partial charge is 0.493 e. The summed E-state index contributed by atoms with van der Waals surface area (Å²) in [5, 5.41) is 4.99.